The molecule has 0 amide bonds. The molecule has 2 N–H and O–H groups in total. The standard InChI is InChI=1S/C10H15NO2/c1-2-3-4-5-8-11-9-6-7-10(12)13/h2-7,11H,8-9H2,1H3,(H,12,13)/b3-2+,5-4?,7-6+. The SMILES string of the molecule is C/C=C/C=CCNC/C=C/C(=O)O. The molecule has 0 unspecified atom stereocenters. The van der Waals surface area contributed by atoms with Crippen molar-refractivity contribution in [3.8, 4) is 0 Å². The van der Waals surface area contributed by atoms with E-state index >= 15 is 0 Å². The predicted octanol–water partition coefficient (Wildman–Crippen LogP) is 1.35. The number of carbonyl (C=O) groups is 1. The summed E-state index contributed by atoms with van der Waals surface area (Å²) in [5, 5.41) is 11.3. The number of rotatable bonds is 6. The Labute approximate surface area is 78.5 Å². The first-order valence-electron chi connectivity index (χ1n) is 4.15. The molecular formula is C10H15NO2. The highest BCUT2D eigenvalue weighted by atomic mass is 16.4. The maximum Gasteiger partial charge on any atom is 0.328 e. The number of carboxylic acid groups (broad SMARTS) is 1. The highest BCUT2D eigenvalue weighted by molar-refractivity contribution is 5.79. The Morgan fingerprint density at radius 1 is 1.31 bits per heavy atom. The molecule has 0 bridgehead atoms. The van der Waals surface area contributed by atoms with E-state index in [2.05, 4.69) is 5.32 Å². The Morgan fingerprint density at radius 2 is 2.00 bits per heavy atom. The van der Waals surface area contributed by atoms with E-state index < -0.39 is 5.97 Å². The molecule has 0 aromatic heterocycles. The number of aliphatic carboxylic acids is 1. The second-order valence-electron chi connectivity index (χ2n) is 2.35. The van der Waals surface area contributed by atoms with Crippen molar-refractivity contribution >= 4 is 5.97 Å². The predicted molar refractivity (Wildman–Crippen MR) is 53.6 cm³/mol. The van der Waals surface area contributed by atoms with Gasteiger partial charge >= 0.3 is 5.97 Å². The van der Waals surface area contributed by atoms with Crippen molar-refractivity contribution in [1.82, 2.24) is 5.32 Å². The molecule has 0 saturated heterocycles. The van der Waals surface area contributed by atoms with Crippen LogP contribution in [0, 0.1) is 0 Å². The lowest BCUT2D eigenvalue weighted by Crippen LogP contribution is -2.13. The molecule has 13 heavy (non-hydrogen) atoms. The van der Waals surface area contributed by atoms with Crippen LogP contribution >= 0.6 is 0 Å². The fourth-order valence-corrected chi connectivity index (χ4v) is 0.667. The van der Waals surface area contributed by atoms with Crippen LogP contribution in [0.5, 0.6) is 0 Å². The minimum Gasteiger partial charge on any atom is -0.478 e. The van der Waals surface area contributed by atoms with Crippen LogP contribution in [0.15, 0.2) is 36.5 Å². The van der Waals surface area contributed by atoms with E-state index in [1.54, 1.807) is 6.08 Å². The second-order valence-corrected chi connectivity index (χ2v) is 2.35. The third-order valence-corrected chi connectivity index (χ3v) is 1.22. The Hall–Kier alpha value is -1.35. The number of hydrogen-bond donors (Lipinski definition) is 2. The molecule has 0 radical (unpaired) electrons. The summed E-state index contributed by atoms with van der Waals surface area (Å²) in [6, 6.07) is 0. The van der Waals surface area contributed by atoms with Crippen molar-refractivity contribution in [2.75, 3.05) is 13.1 Å². The molecule has 0 aliphatic heterocycles. The van der Waals surface area contributed by atoms with Gasteiger partial charge in [0.2, 0.25) is 0 Å². The lowest BCUT2D eigenvalue weighted by atomic mass is 10.4. The van der Waals surface area contributed by atoms with Crippen molar-refractivity contribution in [1.29, 1.82) is 0 Å². The monoisotopic (exact) mass is 181 g/mol. The maximum absolute atomic E-state index is 10.0. The zero-order chi connectivity index (χ0) is 9.94. The third kappa shape index (κ3) is 10.7. The first kappa shape index (κ1) is 11.6. The fraction of sp³-hybridized carbons (Fsp3) is 0.300. The summed E-state index contributed by atoms with van der Waals surface area (Å²) in [5.41, 5.74) is 0. The molecule has 0 atom stereocenters. The van der Waals surface area contributed by atoms with Crippen LogP contribution in [0.2, 0.25) is 0 Å². The van der Waals surface area contributed by atoms with Crippen molar-refractivity contribution in [3.05, 3.63) is 36.5 Å². The van der Waals surface area contributed by atoms with E-state index in [-0.39, 0.29) is 0 Å². The van der Waals surface area contributed by atoms with Gasteiger partial charge in [0.15, 0.2) is 0 Å². The van der Waals surface area contributed by atoms with E-state index in [9.17, 15) is 4.79 Å². The number of nitrogens with one attached hydrogen (secondary N) is 1. The molecule has 0 aromatic carbocycles. The number of carboxylic acids is 1. The van der Waals surface area contributed by atoms with Gasteiger partial charge in [0.25, 0.3) is 0 Å². The van der Waals surface area contributed by atoms with Crippen LogP contribution in [-0.4, -0.2) is 24.2 Å². The van der Waals surface area contributed by atoms with Gasteiger partial charge in [0, 0.05) is 19.2 Å². The molecule has 3 heteroatoms. The zero-order valence-corrected chi connectivity index (χ0v) is 7.73. The van der Waals surface area contributed by atoms with E-state index in [0.717, 1.165) is 12.6 Å². The summed E-state index contributed by atoms with van der Waals surface area (Å²) in [6.45, 7) is 3.27. The first-order valence-corrected chi connectivity index (χ1v) is 4.15. The second kappa shape index (κ2) is 8.74. The van der Waals surface area contributed by atoms with Gasteiger partial charge in [-0.05, 0) is 6.92 Å². The van der Waals surface area contributed by atoms with Crippen LogP contribution in [0.1, 0.15) is 6.92 Å². The quantitative estimate of drug-likeness (QED) is 0.369. The first-order chi connectivity index (χ1) is 6.27. The minimum absolute atomic E-state index is 0.576. The molecule has 0 fully saturated rings. The molecule has 0 aliphatic carbocycles. The summed E-state index contributed by atoms with van der Waals surface area (Å²) in [5.74, 6) is -0.911. The van der Waals surface area contributed by atoms with Gasteiger partial charge in [-0.2, -0.15) is 0 Å². The summed E-state index contributed by atoms with van der Waals surface area (Å²) in [7, 11) is 0. The van der Waals surface area contributed by atoms with E-state index in [1.807, 2.05) is 31.2 Å². The number of allylic oxidation sites excluding steroid dienone is 3. The molecule has 3 nitrogen and oxygen atoms in total. The third-order valence-electron chi connectivity index (χ3n) is 1.22. The fourth-order valence-electron chi connectivity index (χ4n) is 0.667. The number of hydrogen-bond acceptors (Lipinski definition) is 2. The van der Waals surface area contributed by atoms with Gasteiger partial charge in [-0.1, -0.05) is 30.4 Å². The van der Waals surface area contributed by atoms with Crippen LogP contribution in [0.3, 0.4) is 0 Å². The normalized spacial score (nSPS) is 12.1. The van der Waals surface area contributed by atoms with E-state index in [4.69, 9.17) is 5.11 Å². The molecule has 0 rings (SSSR count). The van der Waals surface area contributed by atoms with E-state index in [1.165, 1.54) is 0 Å². The summed E-state index contributed by atoms with van der Waals surface area (Å²) < 4.78 is 0. The van der Waals surface area contributed by atoms with Gasteiger partial charge in [0.1, 0.15) is 0 Å². The lowest BCUT2D eigenvalue weighted by molar-refractivity contribution is -0.131. The molecule has 72 valence electrons. The van der Waals surface area contributed by atoms with Gasteiger partial charge in [0.05, 0.1) is 0 Å². The van der Waals surface area contributed by atoms with Gasteiger partial charge in [-0.25, -0.2) is 4.79 Å². The Kier molecular flexibility index (Phi) is 7.84. The van der Waals surface area contributed by atoms with Crippen molar-refractivity contribution < 1.29 is 9.90 Å². The van der Waals surface area contributed by atoms with Crippen molar-refractivity contribution in [2.24, 2.45) is 0 Å². The highest BCUT2D eigenvalue weighted by Gasteiger charge is 1.82. The minimum atomic E-state index is -0.911. The molecule has 0 aromatic rings. The zero-order valence-electron chi connectivity index (χ0n) is 7.73. The molecule has 0 saturated carbocycles. The summed E-state index contributed by atoms with van der Waals surface area (Å²) in [4.78, 5) is 10.0. The Bertz CT molecular complexity index is 217. The lowest BCUT2D eigenvalue weighted by Gasteiger charge is -1.92. The summed E-state index contributed by atoms with van der Waals surface area (Å²) in [6.07, 6.45) is 10.5. The van der Waals surface area contributed by atoms with Gasteiger partial charge in [-0.3, -0.25) is 0 Å². The maximum atomic E-state index is 10.0. The van der Waals surface area contributed by atoms with Gasteiger partial charge in [-0.15, -0.1) is 0 Å². The van der Waals surface area contributed by atoms with Crippen molar-refractivity contribution in [3.63, 3.8) is 0 Å². The molecule has 0 spiro atoms. The summed E-state index contributed by atoms with van der Waals surface area (Å²) >= 11 is 0. The largest absolute Gasteiger partial charge is 0.478 e. The van der Waals surface area contributed by atoms with Crippen molar-refractivity contribution in [2.45, 2.75) is 6.92 Å². The van der Waals surface area contributed by atoms with Crippen LogP contribution < -0.4 is 5.32 Å². The van der Waals surface area contributed by atoms with Gasteiger partial charge < -0.3 is 10.4 Å². The smallest absolute Gasteiger partial charge is 0.328 e. The highest BCUT2D eigenvalue weighted by Crippen LogP contribution is 1.75. The van der Waals surface area contributed by atoms with Crippen LogP contribution in [0.4, 0.5) is 0 Å². The average Bonchev–Trinajstić information content (AvgIpc) is 2.09. The average molecular weight is 181 g/mol. The molecule has 0 heterocycles. The Morgan fingerprint density at radius 3 is 2.62 bits per heavy atom. The van der Waals surface area contributed by atoms with Crippen LogP contribution in [-0.2, 0) is 4.79 Å². The topological polar surface area (TPSA) is 49.3 Å². The molecular weight excluding hydrogens is 166 g/mol. The Balaban J connectivity index is 3.31. The van der Waals surface area contributed by atoms with E-state index in [0.29, 0.717) is 6.54 Å². The van der Waals surface area contributed by atoms with Crippen LogP contribution in [0.25, 0.3) is 0 Å². The molecule has 0 aliphatic rings.